The third kappa shape index (κ3) is 6.30. The Hall–Kier alpha value is -9.39. The fourth-order valence-corrected chi connectivity index (χ4v) is 10.4. The van der Waals surface area contributed by atoms with E-state index < -0.39 is 0 Å². The van der Waals surface area contributed by atoms with E-state index in [-0.39, 0.29) is 0 Å². The van der Waals surface area contributed by atoms with E-state index in [9.17, 15) is 0 Å². The van der Waals surface area contributed by atoms with Crippen LogP contribution in [0.25, 0.3) is 133 Å². The highest BCUT2D eigenvalue weighted by Gasteiger charge is 2.22. The van der Waals surface area contributed by atoms with Crippen molar-refractivity contribution in [3.8, 4) is 67.8 Å². The van der Waals surface area contributed by atoms with Crippen molar-refractivity contribution in [2.75, 3.05) is 0 Å². The van der Waals surface area contributed by atoms with Gasteiger partial charge in [0.2, 0.25) is 0 Å². The highest BCUT2D eigenvalue weighted by atomic mass is 16.3. The second-order valence-corrected chi connectivity index (χ2v) is 17.6. The van der Waals surface area contributed by atoms with Crippen LogP contribution < -0.4 is 0 Å². The van der Waals surface area contributed by atoms with Gasteiger partial charge >= 0.3 is 0 Å². The summed E-state index contributed by atoms with van der Waals surface area (Å²) in [6.45, 7) is 0. The molecule has 0 N–H and O–H groups in total. The van der Waals surface area contributed by atoms with Crippen LogP contribution in [0.5, 0.6) is 0 Å². The summed E-state index contributed by atoms with van der Waals surface area (Å²) in [5.41, 5.74) is 15.5. The Morgan fingerprint density at radius 1 is 0.290 bits per heavy atom. The second kappa shape index (κ2) is 15.6. The summed E-state index contributed by atoms with van der Waals surface area (Å²) in [6, 6.07) is 83.5. The van der Waals surface area contributed by atoms with E-state index >= 15 is 0 Å². The molecule has 6 heteroatoms. The lowest BCUT2D eigenvalue weighted by molar-refractivity contribution is 0.670. The molecule has 322 valence electrons. The van der Waals surface area contributed by atoms with Gasteiger partial charge in [-0.3, -0.25) is 0 Å². The standard InChI is InChI=1S/C63H39N5O/c1-4-18-40(19-5-1)46-35-34-43(47-29-17-30-51-50-28-12-15-33-59(50)69-60(47)51)37-56(46)68-55-32-14-11-27-49(55)53-38-52-48-26-10-13-31-54(48)67(57(52)39-58(53)68)45-25-16-24-44(36-45)63-65-61(41-20-6-2-7-21-41)64-62(66-63)42-22-8-3-9-23-42/h1-39H. The summed E-state index contributed by atoms with van der Waals surface area (Å²) in [5.74, 6) is 1.87. The molecule has 0 aliphatic carbocycles. The minimum absolute atomic E-state index is 0.611. The molecule has 0 spiro atoms. The number of hydrogen-bond acceptors (Lipinski definition) is 4. The number of hydrogen-bond donors (Lipinski definition) is 0. The van der Waals surface area contributed by atoms with Crippen LogP contribution in [0.3, 0.4) is 0 Å². The number of rotatable bonds is 7. The molecule has 0 bridgehead atoms. The van der Waals surface area contributed by atoms with Gasteiger partial charge in [-0.2, -0.15) is 0 Å². The Bertz CT molecular complexity index is 4240. The van der Waals surface area contributed by atoms with Crippen molar-refractivity contribution >= 4 is 65.6 Å². The van der Waals surface area contributed by atoms with Crippen LogP contribution in [0.4, 0.5) is 0 Å². The van der Waals surface area contributed by atoms with Gasteiger partial charge in [0.1, 0.15) is 11.2 Å². The number of benzene rings is 10. The topological polar surface area (TPSA) is 61.7 Å². The van der Waals surface area contributed by atoms with Crippen LogP contribution in [0.1, 0.15) is 0 Å². The quantitative estimate of drug-likeness (QED) is 0.160. The molecular formula is C63H39N5O. The van der Waals surface area contributed by atoms with Gasteiger partial charge in [0.25, 0.3) is 0 Å². The predicted molar refractivity (Wildman–Crippen MR) is 283 cm³/mol. The predicted octanol–water partition coefficient (Wildman–Crippen LogP) is 16.3. The minimum atomic E-state index is 0.611. The average Bonchev–Trinajstić information content (AvgIpc) is 4.08. The van der Waals surface area contributed by atoms with Crippen molar-refractivity contribution in [2.45, 2.75) is 0 Å². The molecule has 0 radical (unpaired) electrons. The van der Waals surface area contributed by atoms with Crippen LogP contribution in [0.15, 0.2) is 241 Å². The molecule has 0 aliphatic heterocycles. The lowest BCUT2D eigenvalue weighted by atomic mass is 9.96. The Kier molecular flexibility index (Phi) is 8.79. The maximum atomic E-state index is 6.62. The van der Waals surface area contributed by atoms with Gasteiger partial charge < -0.3 is 13.6 Å². The van der Waals surface area contributed by atoms with Crippen molar-refractivity contribution in [3.05, 3.63) is 237 Å². The van der Waals surface area contributed by atoms with Gasteiger partial charge in [-0.05, 0) is 59.7 Å². The van der Waals surface area contributed by atoms with E-state index in [0.29, 0.717) is 17.5 Å². The SMILES string of the molecule is c1ccc(-c2nc(-c3ccccc3)nc(-c3cccc(-n4c5ccccc5c5cc6c7ccccc7n(-c7cc(-c8cccc9c8oc8ccccc89)ccc7-c7ccccc7)c6cc54)c3)n2)cc1. The van der Waals surface area contributed by atoms with Crippen molar-refractivity contribution < 1.29 is 4.42 Å². The first-order valence-electron chi connectivity index (χ1n) is 23.3. The fourth-order valence-electron chi connectivity index (χ4n) is 10.4. The highest BCUT2D eigenvalue weighted by Crippen LogP contribution is 2.44. The van der Waals surface area contributed by atoms with Crippen LogP contribution in [0, 0.1) is 0 Å². The molecule has 14 aromatic rings. The molecule has 0 unspecified atom stereocenters. The summed E-state index contributed by atoms with van der Waals surface area (Å²) < 4.78 is 11.5. The van der Waals surface area contributed by atoms with Crippen molar-refractivity contribution in [3.63, 3.8) is 0 Å². The van der Waals surface area contributed by atoms with Crippen molar-refractivity contribution in [2.24, 2.45) is 0 Å². The average molecular weight is 882 g/mol. The third-order valence-corrected chi connectivity index (χ3v) is 13.6. The first-order chi connectivity index (χ1) is 34.2. The van der Waals surface area contributed by atoms with E-state index in [1.54, 1.807) is 0 Å². The van der Waals surface area contributed by atoms with Crippen molar-refractivity contribution in [1.82, 2.24) is 24.1 Å². The third-order valence-electron chi connectivity index (χ3n) is 13.6. The van der Waals surface area contributed by atoms with E-state index in [1.807, 2.05) is 72.8 Å². The lowest BCUT2D eigenvalue weighted by Crippen LogP contribution is -2.01. The van der Waals surface area contributed by atoms with E-state index in [2.05, 4.69) is 173 Å². The zero-order chi connectivity index (χ0) is 45.4. The first kappa shape index (κ1) is 38.8. The second-order valence-electron chi connectivity index (χ2n) is 17.6. The zero-order valence-electron chi connectivity index (χ0n) is 37.2. The van der Waals surface area contributed by atoms with Gasteiger partial charge in [-0.25, -0.2) is 15.0 Å². The van der Waals surface area contributed by atoms with Gasteiger partial charge in [0, 0.05) is 65.8 Å². The van der Waals surface area contributed by atoms with E-state index in [1.165, 1.54) is 21.5 Å². The highest BCUT2D eigenvalue weighted by molar-refractivity contribution is 6.19. The van der Waals surface area contributed by atoms with Crippen LogP contribution in [-0.4, -0.2) is 24.1 Å². The normalized spacial score (nSPS) is 11.8. The molecular weight excluding hydrogens is 843 g/mol. The van der Waals surface area contributed by atoms with Gasteiger partial charge in [-0.15, -0.1) is 0 Å². The Morgan fingerprint density at radius 2 is 0.812 bits per heavy atom. The van der Waals surface area contributed by atoms with Crippen LogP contribution >= 0.6 is 0 Å². The molecule has 0 atom stereocenters. The molecule has 4 aromatic heterocycles. The molecule has 0 aliphatic rings. The molecule has 0 fully saturated rings. The number of aromatic nitrogens is 5. The fraction of sp³-hybridized carbons (Fsp3) is 0. The maximum Gasteiger partial charge on any atom is 0.164 e. The molecule has 0 amide bonds. The molecule has 4 heterocycles. The van der Waals surface area contributed by atoms with E-state index in [4.69, 9.17) is 19.4 Å². The minimum Gasteiger partial charge on any atom is -0.455 e. The van der Waals surface area contributed by atoms with E-state index in [0.717, 1.165) is 94.3 Å². The van der Waals surface area contributed by atoms with Crippen LogP contribution in [-0.2, 0) is 0 Å². The molecule has 6 nitrogen and oxygen atoms in total. The maximum absolute atomic E-state index is 6.62. The number of fused-ring (bicyclic) bond motifs is 9. The molecule has 0 saturated carbocycles. The summed E-state index contributed by atoms with van der Waals surface area (Å²) in [7, 11) is 0. The summed E-state index contributed by atoms with van der Waals surface area (Å²) in [6.07, 6.45) is 0. The van der Waals surface area contributed by atoms with Crippen molar-refractivity contribution in [1.29, 1.82) is 0 Å². The number of furan rings is 1. The van der Waals surface area contributed by atoms with Gasteiger partial charge in [0.15, 0.2) is 17.5 Å². The summed E-state index contributed by atoms with van der Waals surface area (Å²) >= 11 is 0. The summed E-state index contributed by atoms with van der Waals surface area (Å²) in [5, 5.41) is 6.96. The summed E-state index contributed by atoms with van der Waals surface area (Å²) in [4.78, 5) is 15.2. The molecule has 69 heavy (non-hydrogen) atoms. The lowest BCUT2D eigenvalue weighted by Gasteiger charge is -2.17. The molecule has 10 aromatic carbocycles. The van der Waals surface area contributed by atoms with Gasteiger partial charge in [0.05, 0.1) is 27.8 Å². The molecule has 0 saturated heterocycles. The first-order valence-corrected chi connectivity index (χ1v) is 23.3. The smallest absolute Gasteiger partial charge is 0.164 e. The zero-order valence-corrected chi connectivity index (χ0v) is 37.2. The largest absolute Gasteiger partial charge is 0.455 e. The Balaban J connectivity index is 1.01. The Morgan fingerprint density at radius 3 is 1.49 bits per heavy atom. The van der Waals surface area contributed by atoms with Gasteiger partial charge in [-0.1, -0.05) is 188 Å². The van der Waals surface area contributed by atoms with Crippen LogP contribution in [0.2, 0.25) is 0 Å². The molecule has 14 rings (SSSR count). The number of para-hydroxylation sites is 4. The Labute approximate surface area is 396 Å². The number of nitrogens with zero attached hydrogens (tertiary/aromatic N) is 5. The monoisotopic (exact) mass is 881 g/mol.